The lowest BCUT2D eigenvalue weighted by Gasteiger charge is -2.08. The summed E-state index contributed by atoms with van der Waals surface area (Å²) in [5.41, 5.74) is 3.82. The van der Waals surface area contributed by atoms with Crippen LogP contribution in [0.1, 0.15) is 29.8 Å². The molecule has 0 unspecified atom stereocenters. The first kappa shape index (κ1) is 13.0. The number of rotatable bonds is 4. The van der Waals surface area contributed by atoms with Gasteiger partial charge in [0.25, 0.3) is 5.91 Å². The molecule has 0 spiro atoms. The molecule has 0 bridgehead atoms. The Morgan fingerprint density at radius 2 is 2.19 bits per heavy atom. The van der Waals surface area contributed by atoms with Gasteiger partial charge in [-0.25, -0.2) is 5.48 Å². The highest BCUT2D eigenvalue weighted by Crippen LogP contribution is 2.16. The first-order valence-electron chi connectivity index (χ1n) is 5.19. The van der Waals surface area contributed by atoms with E-state index in [1.807, 2.05) is 20.8 Å². The quantitative estimate of drug-likeness (QED) is 0.823. The third-order valence-corrected chi connectivity index (χ3v) is 2.43. The van der Waals surface area contributed by atoms with Crippen molar-refractivity contribution in [2.45, 2.75) is 20.8 Å². The van der Waals surface area contributed by atoms with Crippen LogP contribution in [0.15, 0.2) is 18.2 Å². The van der Waals surface area contributed by atoms with Gasteiger partial charge in [0, 0.05) is 10.6 Å². The van der Waals surface area contributed by atoms with E-state index in [2.05, 4.69) is 5.48 Å². The Labute approximate surface area is 101 Å². The van der Waals surface area contributed by atoms with Crippen LogP contribution in [-0.2, 0) is 4.84 Å². The van der Waals surface area contributed by atoms with E-state index in [-0.39, 0.29) is 5.91 Å². The maximum atomic E-state index is 11.6. The summed E-state index contributed by atoms with van der Waals surface area (Å²) in [6.45, 7) is 6.38. The SMILES string of the molecule is Cc1cc(C(=O)NOCC(C)C)ccc1Cl. The predicted molar refractivity (Wildman–Crippen MR) is 64.4 cm³/mol. The molecule has 0 saturated carbocycles. The summed E-state index contributed by atoms with van der Waals surface area (Å²) in [5, 5.41) is 0.652. The molecule has 1 aromatic rings. The third-order valence-electron chi connectivity index (χ3n) is 2.00. The molecule has 88 valence electrons. The van der Waals surface area contributed by atoms with E-state index in [0.717, 1.165) is 5.56 Å². The Balaban J connectivity index is 2.56. The van der Waals surface area contributed by atoms with Crippen molar-refractivity contribution in [3.8, 4) is 0 Å². The molecular weight excluding hydrogens is 226 g/mol. The van der Waals surface area contributed by atoms with E-state index in [1.54, 1.807) is 18.2 Å². The van der Waals surface area contributed by atoms with Gasteiger partial charge in [-0.15, -0.1) is 0 Å². The molecule has 16 heavy (non-hydrogen) atoms. The average molecular weight is 242 g/mol. The maximum Gasteiger partial charge on any atom is 0.274 e. The minimum atomic E-state index is -0.250. The van der Waals surface area contributed by atoms with Crippen LogP contribution in [-0.4, -0.2) is 12.5 Å². The van der Waals surface area contributed by atoms with Crippen molar-refractivity contribution in [3.05, 3.63) is 34.3 Å². The fourth-order valence-corrected chi connectivity index (χ4v) is 1.24. The van der Waals surface area contributed by atoms with Gasteiger partial charge in [-0.05, 0) is 36.6 Å². The lowest BCUT2D eigenvalue weighted by atomic mass is 10.1. The van der Waals surface area contributed by atoms with Crippen LogP contribution in [0.4, 0.5) is 0 Å². The molecule has 1 rings (SSSR count). The molecule has 0 atom stereocenters. The summed E-state index contributed by atoms with van der Waals surface area (Å²) >= 11 is 5.87. The molecule has 1 amide bonds. The molecule has 0 saturated heterocycles. The number of halogens is 1. The minimum absolute atomic E-state index is 0.250. The lowest BCUT2D eigenvalue weighted by Crippen LogP contribution is -2.25. The highest BCUT2D eigenvalue weighted by atomic mass is 35.5. The van der Waals surface area contributed by atoms with Crippen LogP contribution in [0, 0.1) is 12.8 Å². The maximum absolute atomic E-state index is 11.6. The highest BCUT2D eigenvalue weighted by Gasteiger charge is 2.07. The molecule has 1 N–H and O–H groups in total. The summed E-state index contributed by atoms with van der Waals surface area (Å²) in [4.78, 5) is 16.7. The topological polar surface area (TPSA) is 38.3 Å². The Morgan fingerprint density at radius 3 is 2.75 bits per heavy atom. The Hall–Kier alpha value is -1.06. The van der Waals surface area contributed by atoms with E-state index >= 15 is 0 Å². The molecule has 0 aliphatic carbocycles. The van der Waals surface area contributed by atoms with E-state index in [0.29, 0.717) is 23.1 Å². The largest absolute Gasteiger partial charge is 0.274 e. The van der Waals surface area contributed by atoms with Crippen molar-refractivity contribution >= 4 is 17.5 Å². The normalized spacial score (nSPS) is 10.6. The Bertz CT molecular complexity index is 377. The summed E-state index contributed by atoms with van der Waals surface area (Å²) in [5.74, 6) is 0.132. The average Bonchev–Trinajstić information content (AvgIpc) is 2.21. The molecule has 0 heterocycles. The first-order valence-corrected chi connectivity index (χ1v) is 5.56. The van der Waals surface area contributed by atoms with Gasteiger partial charge in [0.2, 0.25) is 0 Å². The molecular formula is C12H16ClNO2. The molecule has 0 fully saturated rings. The van der Waals surface area contributed by atoms with Crippen molar-refractivity contribution in [1.29, 1.82) is 0 Å². The van der Waals surface area contributed by atoms with Crippen molar-refractivity contribution in [2.24, 2.45) is 5.92 Å². The summed E-state index contributed by atoms with van der Waals surface area (Å²) < 4.78 is 0. The monoisotopic (exact) mass is 241 g/mol. The van der Waals surface area contributed by atoms with Gasteiger partial charge in [-0.1, -0.05) is 25.4 Å². The van der Waals surface area contributed by atoms with Crippen LogP contribution in [0.3, 0.4) is 0 Å². The Kier molecular flexibility index (Phi) is 4.77. The van der Waals surface area contributed by atoms with Crippen LogP contribution in [0.2, 0.25) is 5.02 Å². The first-order chi connectivity index (χ1) is 7.50. The molecule has 0 aliphatic heterocycles. The molecule has 4 heteroatoms. The number of nitrogens with one attached hydrogen (secondary N) is 1. The zero-order valence-electron chi connectivity index (χ0n) is 9.71. The number of aryl methyl sites for hydroxylation is 1. The number of hydrogen-bond acceptors (Lipinski definition) is 2. The predicted octanol–water partition coefficient (Wildman–Crippen LogP) is 2.97. The van der Waals surface area contributed by atoms with Crippen molar-refractivity contribution < 1.29 is 9.63 Å². The number of carbonyl (C=O) groups excluding carboxylic acids is 1. The van der Waals surface area contributed by atoms with E-state index in [4.69, 9.17) is 16.4 Å². The van der Waals surface area contributed by atoms with Crippen molar-refractivity contribution in [3.63, 3.8) is 0 Å². The molecule has 0 aliphatic rings. The van der Waals surface area contributed by atoms with Crippen LogP contribution in [0.25, 0.3) is 0 Å². The fourth-order valence-electron chi connectivity index (χ4n) is 1.12. The van der Waals surface area contributed by atoms with Gasteiger partial charge < -0.3 is 0 Å². The minimum Gasteiger partial charge on any atom is -0.273 e. The van der Waals surface area contributed by atoms with Gasteiger partial charge in [0.1, 0.15) is 0 Å². The second-order valence-corrected chi connectivity index (χ2v) is 4.51. The van der Waals surface area contributed by atoms with Crippen LogP contribution in [0.5, 0.6) is 0 Å². The second-order valence-electron chi connectivity index (χ2n) is 4.10. The van der Waals surface area contributed by atoms with E-state index in [1.165, 1.54) is 0 Å². The summed E-state index contributed by atoms with van der Waals surface area (Å²) in [6, 6.07) is 5.11. The fraction of sp³-hybridized carbons (Fsp3) is 0.417. The smallest absolute Gasteiger partial charge is 0.273 e. The van der Waals surface area contributed by atoms with Gasteiger partial charge in [-0.3, -0.25) is 9.63 Å². The summed E-state index contributed by atoms with van der Waals surface area (Å²) in [7, 11) is 0. The molecule has 0 aromatic heterocycles. The number of hydrogen-bond donors (Lipinski definition) is 1. The molecule has 1 aromatic carbocycles. The number of benzene rings is 1. The number of carbonyl (C=O) groups is 1. The van der Waals surface area contributed by atoms with E-state index in [9.17, 15) is 4.79 Å². The van der Waals surface area contributed by atoms with Gasteiger partial charge in [-0.2, -0.15) is 0 Å². The van der Waals surface area contributed by atoms with Gasteiger partial charge in [0.15, 0.2) is 0 Å². The van der Waals surface area contributed by atoms with Crippen LogP contribution < -0.4 is 5.48 Å². The van der Waals surface area contributed by atoms with Crippen molar-refractivity contribution in [2.75, 3.05) is 6.61 Å². The molecule has 3 nitrogen and oxygen atoms in total. The van der Waals surface area contributed by atoms with E-state index < -0.39 is 0 Å². The van der Waals surface area contributed by atoms with Crippen molar-refractivity contribution in [1.82, 2.24) is 5.48 Å². The third kappa shape index (κ3) is 3.83. The zero-order chi connectivity index (χ0) is 12.1. The molecule has 0 radical (unpaired) electrons. The highest BCUT2D eigenvalue weighted by molar-refractivity contribution is 6.31. The van der Waals surface area contributed by atoms with Gasteiger partial charge >= 0.3 is 0 Å². The van der Waals surface area contributed by atoms with Gasteiger partial charge in [0.05, 0.1) is 6.61 Å². The lowest BCUT2D eigenvalue weighted by molar-refractivity contribution is 0.0208. The number of hydroxylamine groups is 1. The Morgan fingerprint density at radius 1 is 1.50 bits per heavy atom. The zero-order valence-corrected chi connectivity index (χ0v) is 10.5. The summed E-state index contributed by atoms with van der Waals surface area (Å²) in [6.07, 6.45) is 0. The van der Waals surface area contributed by atoms with Crippen LogP contribution >= 0.6 is 11.6 Å². The standard InChI is InChI=1S/C12H16ClNO2/c1-8(2)7-16-14-12(15)10-4-5-11(13)9(3)6-10/h4-6,8H,7H2,1-3H3,(H,14,15). The second kappa shape index (κ2) is 5.87. The number of amides is 1.